The van der Waals surface area contributed by atoms with Crippen LogP contribution in [0.15, 0.2) is 41.6 Å². The van der Waals surface area contributed by atoms with Crippen LogP contribution in [0.1, 0.15) is 11.1 Å². The third-order valence-electron chi connectivity index (χ3n) is 3.23. The lowest BCUT2D eigenvalue weighted by molar-refractivity contribution is 0.318. The SMILES string of the molecule is COc1ccc(C/C(=N/O)c2ccc(O)cc2O)cc1OC. The average molecular weight is 303 g/mol. The fourth-order valence-corrected chi connectivity index (χ4v) is 2.13. The van der Waals surface area contributed by atoms with Gasteiger partial charge in [0.2, 0.25) is 0 Å². The fraction of sp³-hybridized carbons (Fsp3) is 0.188. The lowest BCUT2D eigenvalue weighted by Crippen LogP contribution is -2.06. The highest BCUT2D eigenvalue weighted by Gasteiger charge is 2.13. The zero-order valence-corrected chi connectivity index (χ0v) is 12.3. The minimum absolute atomic E-state index is 0.0651. The predicted octanol–water partition coefficient (Wildman–Crippen LogP) is 2.54. The summed E-state index contributed by atoms with van der Waals surface area (Å²) >= 11 is 0. The number of oxime groups is 1. The molecule has 0 aliphatic carbocycles. The third-order valence-corrected chi connectivity index (χ3v) is 3.23. The molecular formula is C16H17NO5. The highest BCUT2D eigenvalue weighted by Crippen LogP contribution is 2.29. The lowest BCUT2D eigenvalue weighted by atomic mass is 10.0. The maximum atomic E-state index is 9.86. The quantitative estimate of drug-likeness (QED) is 0.448. The second-order valence-electron chi connectivity index (χ2n) is 4.61. The number of methoxy groups -OCH3 is 2. The molecule has 0 spiro atoms. The summed E-state index contributed by atoms with van der Waals surface area (Å²) in [5.74, 6) is 0.936. The molecule has 6 nitrogen and oxygen atoms in total. The van der Waals surface area contributed by atoms with Crippen molar-refractivity contribution in [2.45, 2.75) is 6.42 Å². The molecule has 0 heterocycles. The van der Waals surface area contributed by atoms with Crippen LogP contribution in [0, 0.1) is 0 Å². The Morgan fingerprint density at radius 2 is 1.73 bits per heavy atom. The van der Waals surface area contributed by atoms with Crippen molar-refractivity contribution in [3.05, 3.63) is 47.5 Å². The van der Waals surface area contributed by atoms with Crippen LogP contribution in [0.2, 0.25) is 0 Å². The third kappa shape index (κ3) is 3.22. The Labute approximate surface area is 127 Å². The minimum Gasteiger partial charge on any atom is -0.508 e. The van der Waals surface area contributed by atoms with Crippen molar-refractivity contribution >= 4 is 5.71 Å². The van der Waals surface area contributed by atoms with E-state index in [-0.39, 0.29) is 23.6 Å². The highest BCUT2D eigenvalue weighted by atomic mass is 16.5. The van der Waals surface area contributed by atoms with E-state index in [1.807, 2.05) is 6.07 Å². The molecule has 6 heteroatoms. The van der Waals surface area contributed by atoms with Gasteiger partial charge in [0.1, 0.15) is 11.5 Å². The van der Waals surface area contributed by atoms with E-state index in [4.69, 9.17) is 9.47 Å². The molecule has 116 valence electrons. The van der Waals surface area contributed by atoms with Gasteiger partial charge in [-0.25, -0.2) is 0 Å². The molecule has 2 rings (SSSR count). The summed E-state index contributed by atoms with van der Waals surface area (Å²) in [5.41, 5.74) is 1.43. The first-order chi connectivity index (χ1) is 10.6. The van der Waals surface area contributed by atoms with Crippen LogP contribution >= 0.6 is 0 Å². The topological polar surface area (TPSA) is 91.5 Å². The Morgan fingerprint density at radius 1 is 1.00 bits per heavy atom. The van der Waals surface area contributed by atoms with Crippen LogP contribution in [0.25, 0.3) is 0 Å². The van der Waals surface area contributed by atoms with Crippen LogP contribution in [0.4, 0.5) is 0 Å². The standard InChI is InChI=1S/C16H17NO5/c1-21-15-6-3-10(8-16(15)22-2)7-13(17-20)12-5-4-11(18)9-14(12)19/h3-6,8-9,18-20H,7H2,1-2H3/b17-13-. The number of rotatable bonds is 5. The van der Waals surface area contributed by atoms with Crippen molar-refractivity contribution < 1.29 is 24.9 Å². The van der Waals surface area contributed by atoms with Gasteiger partial charge in [0.05, 0.1) is 19.9 Å². The van der Waals surface area contributed by atoms with Gasteiger partial charge in [0.15, 0.2) is 11.5 Å². The molecule has 3 N–H and O–H groups in total. The van der Waals surface area contributed by atoms with Gasteiger partial charge in [-0.05, 0) is 29.8 Å². The van der Waals surface area contributed by atoms with E-state index in [0.717, 1.165) is 5.56 Å². The summed E-state index contributed by atoms with van der Waals surface area (Å²) in [6.45, 7) is 0. The van der Waals surface area contributed by atoms with E-state index >= 15 is 0 Å². The van der Waals surface area contributed by atoms with E-state index in [2.05, 4.69) is 5.16 Å². The minimum atomic E-state index is -0.159. The second-order valence-corrected chi connectivity index (χ2v) is 4.61. The molecule has 2 aromatic carbocycles. The molecule has 0 fully saturated rings. The maximum absolute atomic E-state index is 9.86. The van der Waals surface area contributed by atoms with Crippen molar-refractivity contribution in [1.29, 1.82) is 0 Å². The number of benzene rings is 2. The van der Waals surface area contributed by atoms with Crippen molar-refractivity contribution in [3.8, 4) is 23.0 Å². The van der Waals surface area contributed by atoms with Gasteiger partial charge >= 0.3 is 0 Å². The molecule has 2 aromatic rings. The van der Waals surface area contributed by atoms with Gasteiger partial charge in [-0.3, -0.25) is 0 Å². The fourth-order valence-electron chi connectivity index (χ4n) is 2.13. The number of aromatic hydroxyl groups is 2. The molecule has 0 aliphatic heterocycles. The first kappa shape index (κ1) is 15.5. The molecule has 0 amide bonds. The van der Waals surface area contributed by atoms with E-state index < -0.39 is 0 Å². The summed E-state index contributed by atoms with van der Waals surface area (Å²) in [6, 6.07) is 9.41. The van der Waals surface area contributed by atoms with Gasteiger partial charge in [-0.15, -0.1) is 0 Å². The van der Waals surface area contributed by atoms with Crippen LogP contribution in [0.5, 0.6) is 23.0 Å². The number of ether oxygens (including phenoxy) is 2. The molecular weight excluding hydrogens is 286 g/mol. The van der Waals surface area contributed by atoms with E-state index in [9.17, 15) is 15.4 Å². The zero-order chi connectivity index (χ0) is 16.1. The Balaban J connectivity index is 2.31. The van der Waals surface area contributed by atoms with Crippen molar-refractivity contribution in [2.75, 3.05) is 14.2 Å². The molecule has 0 saturated carbocycles. The number of hydrogen-bond acceptors (Lipinski definition) is 6. The van der Waals surface area contributed by atoms with Crippen molar-refractivity contribution in [1.82, 2.24) is 0 Å². The van der Waals surface area contributed by atoms with E-state index in [1.54, 1.807) is 19.2 Å². The van der Waals surface area contributed by atoms with Gasteiger partial charge < -0.3 is 24.9 Å². The van der Waals surface area contributed by atoms with Gasteiger partial charge in [-0.1, -0.05) is 11.2 Å². The van der Waals surface area contributed by atoms with E-state index in [1.165, 1.54) is 25.3 Å². The Bertz CT molecular complexity index is 697. The maximum Gasteiger partial charge on any atom is 0.160 e. The van der Waals surface area contributed by atoms with Crippen LogP contribution < -0.4 is 9.47 Å². The monoisotopic (exact) mass is 303 g/mol. The van der Waals surface area contributed by atoms with Gasteiger partial charge in [-0.2, -0.15) is 0 Å². The van der Waals surface area contributed by atoms with Crippen LogP contribution in [-0.4, -0.2) is 35.4 Å². The predicted molar refractivity (Wildman–Crippen MR) is 81.3 cm³/mol. The van der Waals surface area contributed by atoms with Crippen LogP contribution in [0.3, 0.4) is 0 Å². The largest absolute Gasteiger partial charge is 0.508 e. The number of hydrogen-bond donors (Lipinski definition) is 3. The highest BCUT2D eigenvalue weighted by molar-refractivity contribution is 6.03. The molecule has 0 atom stereocenters. The van der Waals surface area contributed by atoms with Gasteiger partial charge in [0, 0.05) is 18.1 Å². The zero-order valence-electron chi connectivity index (χ0n) is 12.3. The smallest absolute Gasteiger partial charge is 0.160 e. The summed E-state index contributed by atoms with van der Waals surface area (Å²) in [6.07, 6.45) is 0.273. The Morgan fingerprint density at radius 3 is 2.32 bits per heavy atom. The first-order valence-corrected chi connectivity index (χ1v) is 6.53. The van der Waals surface area contributed by atoms with Gasteiger partial charge in [0.25, 0.3) is 0 Å². The summed E-state index contributed by atoms with van der Waals surface area (Å²) < 4.78 is 10.4. The summed E-state index contributed by atoms with van der Waals surface area (Å²) in [4.78, 5) is 0. The molecule has 0 aromatic heterocycles. The van der Waals surface area contributed by atoms with Crippen LogP contribution in [-0.2, 0) is 6.42 Å². The Hall–Kier alpha value is -2.89. The molecule has 0 unspecified atom stereocenters. The molecule has 0 saturated heterocycles. The van der Waals surface area contributed by atoms with Crippen molar-refractivity contribution in [3.63, 3.8) is 0 Å². The molecule has 22 heavy (non-hydrogen) atoms. The van der Waals surface area contributed by atoms with E-state index in [0.29, 0.717) is 17.1 Å². The van der Waals surface area contributed by atoms with Crippen molar-refractivity contribution in [2.24, 2.45) is 5.16 Å². The average Bonchev–Trinajstić information content (AvgIpc) is 2.53. The summed E-state index contributed by atoms with van der Waals surface area (Å²) in [7, 11) is 3.08. The number of phenols is 2. The molecule has 0 radical (unpaired) electrons. The lowest BCUT2D eigenvalue weighted by Gasteiger charge is -2.11. The number of nitrogens with zero attached hydrogens (tertiary/aromatic N) is 1. The second kappa shape index (κ2) is 6.71. The molecule has 0 bridgehead atoms. The Kier molecular flexibility index (Phi) is 4.73. The first-order valence-electron chi connectivity index (χ1n) is 6.53. The summed E-state index contributed by atoms with van der Waals surface area (Å²) in [5, 5.41) is 31.6. The normalized spacial score (nSPS) is 11.3. The number of phenolic OH excluding ortho intramolecular Hbond substituents is 2. The molecule has 0 aliphatic rings.